The molecule has 2 aromatic rings. The fourth-order valence-electron chi connectivity index (χ4n) is 2.33. The molecule has 0 amide bonds. The van der Waals surface area contributed by atoms with Crippen LogP contribution in [0.5, 0.6) is 0 Å². The van der Waals surface area contributed by atoms with E-state index in [1.165, 1.54) is 0 Å². The Kier molecular flexibility index (Phi) is 2.44. The molecule has 1 N–H and O–H groups in total. The van der Waals surface area contributed by atoms with Gasteiger partial charge in [-0.25, -0.2) is 4.98 Å². The van der Waals surface area contributed by atoms with E-state index >= 15 is 0 Å². The van der Waals surface area contributed by atoms with Gasteiger partial charge in [0.25, 0.3) is 0 Å². The Hall–Kier alpha value is -0.940. The van der Waals surface area contributed by atoms with Gasteiger partial charge >= 0.3 is 0 Å². The van der Waals surface area contributed by atoms with Gasteiger partial charge in [0.2, 0.25) is 0 Å². The lowest BCUT2D eigenvalue weighted by molar-refractivity contribution is 0.696. The fourth-order valence-corrected chi connectivity index (χ4v) is 2.99. The van der Waals surface area contributed by atoms with Gasteiger partial charge in [-0.1, -0.05) is 0 Å². The molecule has 2 aromatic heterocycles. The molecule has 1 unspecified atom stereocenters. The van der Waals surface area contributed by atoms with Gasteiger partial charge < -0.3 is 5.32 Å². The molecule has 1 aliphatic rings. The zero-order valence-corrected chi connectivity index (χ0v) is 10.7. The van der Waals surface area contributed by atoms with Gasteiger partial charge in [0.05, 0.1) is 5.69 Å². The molecule has 1 aliphatic heterocycles. The third-order valence-electron chi connectivity index (χ3n) is 3.15. The minimum Gasteiger partial charge on any atom is -0.316 e. The molecule has 16 heavy (non-hydrogen) atoms. The molecular weight excluding hydrogens is 268 g/mol. The van der Waals surface area contributed by atoms with Crippen LogP contribution in [0.15, 0.2) is 17.0 Å². The van der Waals surface area contributed by atoms with Crippen molar-refractivity contribution < 1.29 is 0 Å². The number of nitrogens with zero attached hydrogens (tertiary/aromatic N) is 3. The van der Waals surface area contributed by atoms with Gasteiger partial charge in [0.15, 0.2) is 0 Å². The van der Waals surface area contributed by atoms with Crippen LogP contribution in [0.3, 0.4) is 0 Å². The minimum atomic E-state index is 0.514. The van der Waals surface area contributed by atoms with E-state index in [0.717, 1.165) is 41.1 Å². The van der Waals surface area contributed by atoms with Crippen LogP contribution in [0.1, 0.15) is 23.9 Å². The quantitative estimate of drug-likeness (QED) is 0.867. The molecule has 4 nitrogen and oxygen atoms in total. The zero-order valence-electron chi connectivity index (χ0n) is 9.07. The highest BCUT2D eigenvalue weighted by Crippen LogP contribution is 2.27. The van der Waals surface area contributed by atoms with Gasteiger partial charge in [-0.05, 0) is 35.8 Å². The summed E-state index contributed by atoms with van der Waals surface area (Å²) in [5.41, 5.74) is 2.10. The van der Waals surface area contributed by atoms with Crippen molar-refractivity contribution in [2.75, 3.05) is 13.1 Å². The summed E-state index contributed by atoms with van der Waals surface area (Å²) in [4.78, 5) is 8.93. The van der Waals surface area contributed by atoms with Crippen molar-refractivity contribution in [3.63, 3.8) is 0 Å². The van der Waals surface area contributed by atoms with Crippen LogP contribution in [0.2, 0.25) is 0 Å². The number of hydrogen-bond donors (Lipinski definition) is 1. The molecule has 0 bridgehead atoms. The smallest absolute Gasteiger partial charge is 0.134 e. The number of imidazole rings is 1. The molecule has 3 rings (SSSR count). The predicted octanol–water partition coefficient (Wildman–Crippen LogP) is 1.88. The standard InChI is InChI=1S/C11H13BrN4/c1-7-9-10(12)15-11(8-2-3-13-6-8)16(9)5-4-14-7/h4-5,8,13H,2-3,6H2,1H3. The van der Waals surface area contributed by atoms with Crippen LogP contribution < -0.4 is 5.32 Å². The highest BCUT2D eigenvalue weighted by molar-refractivity contribution is 9.10. The lowest BCUT2D eigenvalue weighted by atomic mass is 10.1. The Balaban J connectivity index is 2.22. The first-order valence-electron chi connectivity index (χ1n) is 5.47. The monoisotopic (exact) mass is 280 g/mol. The minimum absolute atomic E-state index is 0.514. The Morgan fingerprint density at radius 3 is 3.19 bits per heavy atom. The van der Waals surface area contributed by atoms with E-state index in [4.69, 9.17) is 0 Å². The molecule has 0 spiro atoms. The molecule has 1 fully saturated rings. The Morgan fingerprint density at radius 1 is 1.56 bits per heavy atom. The van der Waals surface area contributed by atoms with E-state index in [9.17, 15) is 0 Å². The molecule has 1 atom stereocenters. The zero-order chi connectivity index (χ0) is 11.1. The van der Waals surface area contributed by atoms with E-state index in [-0.39, 0.29) is 0 Å². The third kappa shape index (κ3) is 1.46. The lowest BCUT2D eigenvalue weighted by Crippen LogP contribution is -2.10. The Labute approximate surface area is 102 Å². The van der Waals surface area contributed by atoms with Crippen LogP contribution in [-0.2, 0) is 0 Å². The molecule has 0 aromatic carbocycles. The molecular formula is C11H13BrN4. The fraction of sp³-hybridized carbons (Fsp3) is 0.455. The number of halogens is 1. The number of rotatable bonds is 1. The first-order valence-corrected chi connectivity index (χ1v) is 6.26. The largest absolute Gasteiger partial charge is 0.316 e. The highest BCUT2D eigenvalue weighted by Gasteiger charge is 2.23. The van der Waals surface area contributed by atoms with Crippen LogP contribution >= 0.6 is 15.9 Å². The van der Waals surface area contributed by atoms with Crippen molar-refractivity contribution in [2.45, 2.75) is 19.3 Å². The summed E-state index contributed by atoms with van der Waals surface area (Å²) in [5, 5.41) is 3.38. The van der Waals surface area contributed by atoms with Crippen LogP contribution in [0.25, 0.3) is 5.52 Å². The average molecular weight is 281 g/mol. The van der Waals surface area contributed by atoms with Crippen molar-refractivity contribution in [2.24, 2.45) is 0 Å². The third-order valence-corrected chi connectivity index (χ3v) is 3.70. The van der Waals surface area contributed by atoms with Gasteiger partial charge in [-0.15, -0.1) is 0 Å². The SMILES string of the molecule is Cc1nccn2c(C3CCNC3)nc(Br)c12. The summed E-state index contributed by atoms with van der Waals surface area (Å²) < 4.78 is 3.06. The first-order chi connectivity index (χ1) is 7.77. The summed E-state index contributed by atoms with van der Waals surface area (Å²) in [6, 6.07) is 0. The van der Waals surface area contributed by atoms with E-state index < -0.39 is 0 Å². The van der Waals surface area contributed by atoms with Gasteiger partial charge in [0, 0.05) is 24.9 Å². The van der Waals surface area contributed by atoms with Crippen LogP contribution in [0.4, 0.5) is 0 Å². The van der Waals surface area contributed by atoms with Gasteiger partial charge in [-0.3, -0.25) is 9.38 Å². The van der Waals surface area contributed by atoms with Crippen molar-refractivity contribution in [3.05, 3.63) is 28.5 Å². The van der Waals surface area contributed by atoms with Crippen molar-refractivity contribution in [1.82, 2.24) is 19.7 Å². The second kappa shape index (κ2) is 3.82. The van der Waals surface area contributed by atoms with Gasteiger partial charge in [-0.2, -0.15) is 0 Å². The summed E-state index contributed by atoms with van der Waals surface area (Å²) >= 11 is 3.52. The molecule has 5 heteroatoms. The summed E-state index contributed by atoms with van der Waals surface area (Å²) in [7, 11) is 0. The number of hydrogen-bond acceptors (Lipinski definition) is 3. The first kappa shape index (κ1) is 10.2. The Bertz CT molecular complexity index is 528. The molecule has 3 heterocycles. The maximum Gasteiger partial charge on any atom is 0.134 e. The predicted molar refractivity (Wildman–Crippen MR) is 65.7 cm³/mol. The maximum absolute atomic E-state index is 4.63. The van der Waals surface area contributed by atoms with Crippen LogP contribution in [0, 0.1) is 6.92 Å². The number of fused-ring (bicyclic) bond motifs is 1. The summed E-state index contributed by atoms with van der Waals surface area (Å²) in [5.74, 6) is 1.65. The van der Waals surface area contributed by atoms with E-state index in [0.29, 0.717) is 5.92 Å². The molecule has 1 saturated heterocycles. The molecule has 0 radical (unpaired) electrons. The second-order valence-corrected chi connectivity index (χ2v) is 4.93. The van der Waals surface area contributed by atoms with Crippen molar-refractivity contribution >= 4 is 21.4 Å². The molecule has 0 saturated carbocycles. The maximum atomic E-state index is 4.63. The van der Waals surface area contributed by atoms with E-state index in [2.05, 4.69) is 35.6 Å². The van der Waals surface area contributed by atoms with Crippen molar-refractivity contribution in [1.29, 1.82) is 0 Å². The normalized spacial score (nSPS) is 20.8. The highest BCUT2D eigenvalue weighted by atomic mass is 79.9. The van der Waals surface area contributed by atoms with E-state index in [1.807, 2.05) is 19.3 Å². The average Bonchev–Trinajstić information content (AvgIpc) is 2.86. The van der Waals surface area contributed by atoms with E-state index in [1.54, 1.807) is 0 Å². The Morgan fingerprint density at radius 2 is 2.44 bits per heavy atom. The summed E-state index contributed by atoms with van der Waals surface area (Å²) in [6.07, 6.45) is 4.99. The molecule has 0 aliphatic carbocycles. The topological polar surface area (TPSA) is 42.2 Å². The second-order valence-electron chi connectivity index (χ2n) is 4.18. The lowest BCUT2D eigenvalue weighted by Gasteiger charge is -2.07. The number of aromatic nitrogens is 3. The van der Waals surface area contributed by atoms with Crippen LogP contribution in [-0.4, -0.2) is 27.5 Å². The summed E-state index contributed by atoms with van der Waals surface area (Å²) in [6.45, 7) is 4.12. The van der Waals surface area contributed by atoms with Crippen molar-refractivity contribution in [3.8, 4) is 0 Å². The van der Waals surface area contributed by atoms with Gasteiger partial charge in [0.1, 0.15) is 15.9 Å². The molecule has 84 valence electrons. The number of aryl methyl sites for hydroxylation is 1. The number of nitrogens with one attached hydrogen (secondary N) is 1.